The van der Waals surface area contributed by atoms with Crippen LogP contribution in [0.2, 0.25) is 0 Å². The van der Waals surface area contributed by atoms with E-state index in [-0.39, 0.29) is 11.3 Å². The van der Waals surface area contributed by atoms with Crippen molar-refractivity contribution >= 4 is 33.4 Å². The molecule has 2 saturated heterocycles. The first kappa shape index (κ1) is 21.7. The fourth-order valence-corrected chi connectivity index (χ4v) is 4.31. The third-order valence-electron chi connectivity index (χ3n) is 5.81. The molecule has 4 rings (SSSR count). The van der Waals surface area contributed by atoms with Crippen LogP contribution in [0.5, 0.6) is 0 Å². The molecular formula is C24H25BrN2O4. The molecule has 0 radical (unpaired) electrons. The van der Waals surface area contributed by atoms with Crippen LogP contribution in [0.1, 0.15) is 22.7 Å². The Hall–Kier alpha value is -2.48. The Labute approximate surface area is 190 Å². The van der Waals surface area contributed by atoms with Gasteiger partial charge in [-0.3, -0.25) is 14.5 Å². The average molecular weight is 485 g/mol. The van der Waals surface area contributed by atoms with Crippen LogP contribution in [0.4, 0.5) is 0 Å². The van der Waals surface area contributed by atoms with E-state index in [1.54, 1.807) is 17.0 Å². The Morgan fingerprint density at radius 3 is 2.32 bits per heavy atom. The van der Waals surface area contributed by atoms with Crippen LogP contribution in [0.15, 0.2) is 58.6 Å². The minimum atomic E-state index is -0.645. The van der Waals surface area contributed by atoms with Crippen molar-refractivity contribution < 1.29 is 19.4 Å². The van der Waals surface area contributed by atoms with Gasteiger partial charge in [0, 0.05) is 36.2 Å². The molecule has 2 heterocycles. The van der Waals surface area contributed by atoms with E-state index in [0.717, 1.165) is 28.7 Å². The van der Waals surface area contributed by atoms with Crippen molar-refractivity contribution in [2.75, 3.05) is 39.4 Å². The van der Waals surface area contributed by atoms with Crippen molar-refractivity contribution in [3.63, 3.8) is 0 Å². The van der Waals surface area contributed by atoms with E-state index in [4.69, 9.17) is 4.74 Å². The molecule has 1 N–H and O–H groups in total. The van der Waals surface area contributed by atoms with E-state index >= 15 is 0 Å². The summed E-state index contributed by atoms with van der Waals surface area (Å²) in [6.45, 7) is 5.94. The number of ether oxygens (including phenoxy) is 1. The lowest BCUT2D eigenvalue weighted by Gasteiger charge is -2.31. The van der Waals surface area contributed by atoms with E-state index in [1.807, 2.05) is 43.3 Å². The van der Waals surface area contributed by atoms with Gasteiger partial charge in [0.25, 0.3) is 11.7 Å². The van der Waals surface area contributed by atoms with Gasteiger partial charge in [-0.05, 0) is 24.6 Å². The molecule has 0 unspecified atom stereocenters. The molecule has 0 bridgehead atoms. The predicted molar refractivity (Wildman–Crippen MR) is 122 cm³/mol. The molecule has 2 aromatic carbocycles. The smallest absolute Gasteiger partial charge is 0.295 e. The van der Waals surface area contributed by atoms with Crippen molar-refractivity contribution in [3.8, 4) is 0 Å². The maximum atomic E-state index is 13.0. The molecule has 2 fully saturated rings. The van der Waals surface area contributed by atoms with E-state index in [9.17, 15) is 14.7 Å². The summed E-state index contributed by atoms with van der Waals surface area (Å²) in [7, 11) is 0. The topological polar surface area (TPSA) is 70.1 Å². The van der Waals surface area contributed by atoms with Gasteiger partial charge in [-0.25, -0.2) is 0 Å². The number of aliphatic hydroxyl groups excluding tert-OH is 1. The number of nitrogens with zero attached hydrogens (tertiary/aromatic N) is 2. The van der Waals surface area contributed by atoms with Crippen LogP contribution in [-0.4, -0.2) is 66.0 Å². The Kier molecular flexibility index (Phi) is 6.55. The molecule has 2 aromatic rings. The summed E-state index contributed by atoms with van der Waals surface area (Å²) in [6.07, 6.45) is 0. The third kappa shape index (κ3) is 4.59. The maximum absolute atomic E-state index is 13.0. The highest BCUT2D eigenvalue weighted by atomic mass is 79.9. The monoisotopic (exact) mass is 484 g/mol. The van der Waals surface area contributed by atoms with E-state index in [2.05, 4.69) is 20.8 Å². The van der Waals surface area contributed by atoms with Gasteiger partial charge >= 0.3 is 0 Å². The van der Waals surface area contributed by atoms with Gasteiger partial charge in [0.1, 0.15) is 5.76 Å². The molecule has 1 atom stereocenters. The highest BCUT2D eigenvalue weighted by molar-refractivity contribution is 9.10. The maximum Gasteiger partial charge on any atom is 0.295 e. The lowest BCUT2D eigenvalue weighted by atomic mass is 9.95. The molecule has 2 aliphatic rings. The number of amides is 1. The number of Topliss-reactive ketones (excluding diaryl/α,β-unsaturated/α-hetero) is 1. The first-order valence-corrected chi connectivity index (χ1v) is 11.2. The number of morpholine rings is 1. The SMILES string of the molecule is Cc1ccc(/C(O)=C2\C(=O)C(=O)N(CCN3CCOCC3)[C@@H]2c2ccc(Br)cc2)cc1. The van der Waals surface area contributed by atoms with Gasteiger partial charge in [-0.2, -0.15) is 0 Å². The summed E-state index contributed by atoms with van der Waals surface area (Å²) in [6, 6.07) is 14.2. The largest absolute Gasteiger partial charge is 0.507 e. The van der Waals surface area contributed by atoms with E-state index in [0.29, 0.717) is 31.9 Å². The number of aryl methyl sites for hydroxylation is 1. The zero-order valence-electron chi connectivity index (χ0n) is 17.4. The summed E-state index contributed by atoms with van der Waals surface area (Å²) in [5.41, 5.74) is 2.50. The fourth-order valence-electron chi connectivity index (χ4n) is 4.04. The van der Waals surface area contributed by atoms with Gasteiger partial charge in [0.05, 0.1) is 24.8 Å². The Morgan fingerprint density at radius 2 is 1.68 bits per heavy atom. The number of carbonyl (C=O) groups is 2. The molecule has 6 nitrogen and oxygen atoms in total. The van der Waals surface area contributed by atoms with Crippen LogP contribution in [-0.2, 0) is 14.3 Å². The standard InChI is InChI=1S/C24H25BrN2O4/c1-16-2-4-18(5-3-16)22(28)20-21(17-6-8-19(25)9-7-17)27(24(30)23(20)29)11-10-26-12-14-31-15-13-26/h2-9,21,28H,10-15H2,1H3/b22-20+/t21-/m1/s1. The molecule has 1 amide bonds. The number of ketones is 1. The Balaban J connectivity index is 1.72. The molecule has 2 aliphatic heterocycles. The zero-order valence-corrected chi connectivity index (χ0v) is 19.0. The zero-order chi connectivity index (χ0) is 22.0. The normalized spacial score (nSPS) is 21.6. The van der Waals surface area contributed by atoms with Crippen LogP contribution in [0.3, 0.4) is 0 Å². The molecule has 0 saturated carbocycles. The van der Waals surface area contributed by atoms with Crippen molar-refractivity contribution in [1.82, 2.24) is 9.80 Å². The first-order valence-electron chi connectivity index (χ1n) is 10.4. The molecule has 0 aliphatic carbocycles. The van der Waals surface area contributed by atoms with E-state index in [1.165, 1.54) is 0 Å². The van der Waals surface area contributed by atoms with Crippen molar-refractivity contribution in [2.24, 2.45) is 0 Å². The average Bonchev–Trinajstić information content (AvgIpc) is 3.04. The van der Waals surface area contributed by atoms with Crippen LogP contribution in [0, 0.1) is 6.92 Å². The van der Waals surface area contributed by atoms with Gasteiger partial charge in [0.2, 0.25) is 0 Å². The predicted octanol–water partition coefficient (Wildman–Crippen LogP) is 3.51. The number of hydrogen-bond donors (Lipinski definition) is 1. The lowest BCUT2D eigenvalue weighted by molar-refractivity contribution is -0.140. The highest BCUT2D eigenvalue weighted by Crippen LogP contribution is 2.39. The second-order valence-electron chi connectivity index (χ2n) is 7.86. The molecule has 0 spiro atoms. The minimum absolute atomic E-state index is 0.137. The summed E-state index contributed by atoms with van der Waals surface area (Å²) in [5, 5.41) is 11.1. The van der Waals surface area contributed by atoms with Gasteiger partial charge < -0.3 is 14.7 Å². The molecule has 0 aromatic heterocycles. The number of likely N-dealkylation sites (tertiary alicyclic amines) is 1. The van der Waals surface area contributed by atoms with Gasteiger partial charge in [-0.1, -0.05) is 57.9 Å². The number of rotatable bonds is 5. The number of halogens is 1. The highest BCUT2D eigenvalue weighted by Gasteiger charge is 2.46. The second kappa shape index (κ2) is 9.34. The molecular weight excluding hydrogens is 460 g/mol. The second-order valence-corrected chi connectivity index (χ2v) is 8.78. The summed E-state index contributed by atoms with van der Waals surface area (Å²) < 4.78 is 6.30. The minimum Gasteiger partial charge on any atom is -0.507 e. The van der Waals surface area contributed by atoms with Crippen molar-refractivity contribution in [2.45, 2.75) is 13.0 Å². The molecule has 31 heavy (non-hydrogen) atoms. The number of carbonyl (C=O) groups excluding carboxylic acids is 2. The number of aliphatic hydroxyl groups is 1. The Bertz CT molecular complexity index is 995. The van der Waals surface area contributed by atoms with Crippen LogP contribution in [0.25, 0.3) is 5.76 Å². The Morgan fingerprint density at radius 1 is 1.03 bits per heavy atom. The number of hydrogen-bond acceptors (Lipinski definition) is 5. The summed E-state index contributed by atoms with van der Waals surface area (Å²) >= 11 is 3.44. The quantitative estimate of drug-likeness (QED) is 0.399. The summed E-state index contributed by atoms with van der Waals surface area (Å²) in [4.78, 5) is 29.9. The first-order chi connectivity index (χ1) is 15.0. The van der Waals surface area contributed by atoms with Crippen molar-refractivity contribution in [3.05, 3.63) is 75.3 Å². The molecule has 162 valence electrons. The van der Waals surface area contributed by atoms with Crippen LogP contribution < -0.4 is 0 Å². The van der Waals surface area contributed by atoms with Crippen molar-refractivity contribution in [1.29, 1.82) is 0 Å². The summed E-state index contributed by atoms with van der Waals surface area (Å²) in [5.74, 6) is -1.36. The number of benzene rings is 2. The van der Waals surface area contributed by atoms with E-state index < -0.39 is 17.7 Å². The van der Waals surface area contributed by atoms with Gasteiger partial charge in [0.15, 0.2) is 0 Å². The lowest BCUT2D eigenvalue weighted by Crippen LogP contribution is -2.42. The van der Waals surface area contributed by atoms with Crippen LogP contribution >= 0.6 is 15.9 Å². The third-order valence-corrected chi connectivity index (χ3v) is 6.34. The van der Waals surface area contributed by atoms with Gasteiger partial charge in [-0.15, -0.1) is 0 Å². The fraction of sp³-hybridized carbons (Fsp3) is 0.333. The molecule has 7 heteroatoms.